The summed E-state index contributed by atoms with van der Waals surface area (Å²) < 4.78 is 0. The highest BCUT2D eigenvalue weighted by Gasteiger charge is 2.34. The molecule has 0 aromatic rings. The van der Waals surface area contributed by atoms with Gasteiger partial charge in [0.2, 0.25) is 0 Å². The Morgan fingerprint density at radius 2 is 1.86 bits per heavy atom. The molecule has 1 heterocycles. The molecule has 0 amide bonds. The van der Waals surface area contributed by atoms with Crippen LogP contribution in [0.2, 0.25) is 0 Å². The highest BCUT2D eigenvalue weighted by Crippen LogP contribution is 2.45. The smallest absolute Gasteiger partial charge is 0.0755 e. The molecule has 2 heteroatoms. The van der Waals surface area contributed by atoms with Gasteiger partial charge in [0.1, 0.15) is 0 Å². The molecule has 3 aliphatic rings. The van der Waals surface area contributed by atoms with E-state index in [-0.39, 0.29) is 0 Å². The maximum atomic E-state index is 4.53. The fraction of sp³-hybridized carbons (Fsp3) is 0.700. The fourth-order valence-corrected chi connectivity index (χ4v) is 3.86. The summed E-state index contributed by atoms with van der Waals surface area (Å²) in [5, 5.41) is 8.78. The zero-order valence-electron chi connectivity index (χ0n) is 14.2. The van der Waals surface area contributed by atoms with E-state index in [0.717, 1.165) is 24.8 Å². The van der Waals surface area contributed by atoms with E-state index in [1.807, 2.05) is 0 Å². The van der Waals surface area contributed by atoms with Crippen LogP contribution in [0.5, 0.6) is 0 Å². The van der Waals surface area contributed by atoms with E-state index < -0.39 is 0 Å². The number of fused-ring (bicyclic) bond motifs is 1. The van der Waals surface area contributed by atoms with Crippen molar-refractivity contribution in [3.05, 3.63) is 34.9 Å². The molecule has 0 N–H and O–H groups in total. The minimum Gasteiger partial charge on any atom is -0.194 e. The van der Waals surface area contributed by atoms with Gasteiger partial charge in [-0.1, -0.05) is 34.9 Å². The van der Waals surface area contributed by atoms with E-state index in [1.165, 1.54) is 44.9 Å². The SMILES string of the molecule is C/C1=C\CC=C2C[C@@H]2C[C@@H](C2CCN=N2)CC/C(C)=C/CC1. The monoisotopic (exact) mass is 298 g/mol. The van der Waals surface area contributed by atoms with Crippen LogP contribution in [-0.2, 0) is 0 Å². The third-order valence-electron chi connectivity index (χ3n) is 5.52. The van der Waals surface area contributed by atoms with Crippen LogP contribution in [0, 0.1) is 11.8 Å². The van der Waals surface area contributed by atoms with E-state index >= 15 is 0 Å². The van der Waals surface area contributed by atoms with E-state index in [1.54, 1.807) is 16.7 Å². The summed E-state index contributed by atoms with van der Waals surface area (Å²) >= 11 is 0. The molecule has 3 rings (SSSR count). The van der Waals surface area contributed by atoms with Crippen LogP contribution in [0.15, 0.2) is 45.2 Å². The minimum atomic E-state index is 0.504. The quantitative estimate of drug-likeness (QED) is 0.529. The molecule has 0 spiro atoms. The lowest BCUT2D eigenvalue weighted by Crippen LogP contribution is -2.18. The van der Waals surface area contributed by atoms with Crippen molar-refractivity contribution in [1.29, 1.82) is 0 Å². The molecule has 2 aliphatic carbocycles. The summed E-state index contributed by atoms with van der Waals surface area (Å²) in [4.78, 5) is 0. The fourth-order valence-electron chi connectivity index (χ4n) is 3.86. The lowest BCUT2D eigenvalue weighted by Gasteiger charge is -2.20. The zero-order valence-corrected chi connectivity index (χ0v) is 14.2. The van der Waals surface area contributed by atoms with Crippen LogP contribution in [-0.4, -0.2) is 12.6 Å². The molecule has 0 aromatic heterocycles. The number of hydrogen-bond donors (Lipinski definition) is 0. The Hall–Kier alpha value is -1.18. The number of hydrogen-bond acceptors (Lipinski definition) is 2. The maximum Gasteiger partial charge on any atom is 0.0755 e. The topological polar surface area (TPSA) is 24.7 Å². The third kappa shape index (κ3) is 4.41. The lowest BCUT2D eigenvalue weighted by molar-refractivity contribution is 0.357. The second kappa shape index (κ2) is 7.39. The summed E-state index contributed by atoms with van der Waals surface area (Å²) in [6, 6.07) is 0.504. The molecule has 2 nitrogen and oxygen atoms in total. The summed E-state index contributed by atoms with van der Waals surface area (Å²) in [5.41, 5.74) is 4.81. The van der Waals surface area contributed by atoms with Crippen LogP contribution in [0.4, 0.5) is 0 Å². The van der Waals surface area contributed by atoms with Crippen LogP contribution in [0.1, 0.15) is 65.2 Å². The van der Waals surface area contributed by atoms with Crippen molar-refractivity contribution in [1.82, 2.24) is 0 Å². The molecule has 1 aliphatic heterocycles. The number of nitrogens with zero attached hydrogens (tertiary/aromatic N) is 2. The summed E-state index contributed by atoms with van der Waals surface area (Å²) in [6.45, 7) is 5.53. The van der Waals surface area contributed by atoms with Crippen molar-refractivity contribution in [2.45, 2.75) is 71.3 Å². The van der Waals surface area contributed by atoms with Gasteiger partial charge in [-0.15, -0.1) is 0 Å². The Balaban J connectivity index is 1.69. The Morgan fingerprint density at radius 1 is 1.00 bits per heavy atom. The number of rotatable bonds is 1. The Kier molecular flexibility index (Phi) is 5.28. The van der Waals surface area contributed by atoms with Crippen molar-refractivity contribution in [2.75, 3.05) is 6.54 Å². The first-order valence-corrected chi connectivity index (χ1v) is 9.09. The second-order valence-electron chi connectivity index (χ2n) is 7.43. The largest absolute Gasteiger partial charge is 0.194 e. The van der Waals surface area contributed by atoms with Crippen LogP contribution < -0.4 is 0 Å². The summed E-state index contributed by atoms with van der Waals surface area (Å²) in [7, 11) is 0. The minimum absolute atomic E-state index is 0.504. The Morgan fingerprint density at radius 3 is 2.68 bits per heavy atom. The van der Waals surface area contributed by atoms with Crippen molar-refractivity contribution in [3.63, 3.8) is 0 Å². The predicted molar refractivity (Wildman–Crippen MR) is 93.0 cm³/mol. The average Bonchev–Trinajstić information content (AvgIpc) is 2.99. The van der Waals surface area contributed by atoms with Gasteiger partial charge in [-0.2, -0.15) is 10.2 Å². The first-order chi connectivity index (χ1) is 10.7. The molecule has 1 unspecified atom stereocenters. The van der Waals surface area contributed by atoms with Gasteiger partial charge >= 0.3 is 0 Å². The maximum absolute atomic E-state index is 4.53. The van der Waals surface area contributed by atoms with Gasteiger partial charge in [-0.3, -0.25) is 0 Å². The van der Waals surface area contributed by atoms with Crippen LogP contribution in [0.25, 0.3) is 0 Å². The molecule has 120 valence electrons. The molecule has 0 bridgehead atoms. The van der Waals surface area contributed by atoms with Gasteiger partial charge in [0, 0.05) is 0 Å². The van der Waals surface area contributed by atoms with Gasteiger partial charge in [0.25, 0.3) is 0 Å². The van der Waals surface area contributed by atoms with Crippen LogP contribution in [0.3, 0.4) is 0 Å². The van der Waals surface area contributed by atoms with Crippen molar-refractivity contribution in [2.24, 2.45) is 22.1 Å². The van der Waals surface area contributed by atoms with Gasteiger partial charge in [-0.25, -0.2) is 0 Å². The highest BCUT2D eigenvalue weighted by molar-refractivity contribution is 5.25. The predicted octanol–water partition coefficient (Wildman–Crippen LogP) is 6.02. The molecule has 22 heavy (non-hydrogen) atoms. The summed E-state index contributed by atoms with van der Waals surface area (Å²) in [5.74, 6) is 1.59. The van der Waals surface area contributed by atoms with Gasteiger partial charge in [-0.05, 0) is 77.0 Å². The molecule has 0 saturated heterocycles. The van der Waals surface area contributed by atoms with E-state index in [4.69, 9.17) is 0 Å². The van der Waals surface area contributed by atoms with Crippen molar-refractivity contribution in [3.8, 4) is 0 Å². The molecular weight excluding hydrogens is 268 g/mol. The molecule has 3 atom stereocenters. The first kappa shape index (κ1) is 15.7. The molecule has 0 aromatic carbocycles. The highest BCUT2D eigenvalue weighted by atomic mass is 15.2. The first-order valence-electron chi connectivity index (χ1n) is 9.09. The van der Waals surface area contributed by atoms with Crippen molar-refractivity contribution < 1.29 is 0 Å². The molecule has 1 fully saturated rings. The van der Waals surface area contributed by atoms with E-state index in [2.05, 4.69) is 42.3 Å². The van der Waals surface area contributed by atoms with Crippen LogP contribution >= 0.6 is 0 Å². The van der Waals surface area contributed by atoms with Gasteiger partial charge in [0.05, 0.1) is 12.6 Å². The second-order valence-corrected chi connectivity index (χ2v) is 7.43. The van der Waals surface area contributed by atoms with Crippen molar-refractivity contribution >= 4 is 0 Å². The van der Waals surface area contributed by atoms with E-state index in [0.29, 0.717) is 6.04 Å². The Bertz CT molecular complexity index is 510. The standard InChI is InChI=1S/C20H30N2/c1-15-5-3-6-16(2)9-10-18(20-11-12-21-22-20)14-19-13-17(19)8-4-7-15/h6-8,18-20H,3-5,9-14H2,1-2H3/b15-7+,16-6+,17-8?/t18-,19+,20?/m0/s1. The number of allylic oxidation sites excluding steroid dienone is 6. The van der Waals surface area contributed by atoms with E-state index in [9.17, 15) is 0 Å². The zero-order chi connectivity index (χ0) is 15.4. The number of azo groups is 1. The third-order valence-corrected chi connectivity index (χ3v) is 5.52. The van der Waals surface area contributed by atoms with Gasteiger partial charge in [0.15, 0.2) is 0 Å². The summed E-state index contributed by atoms with van der Waals surface area (Å²) in [6.07, 6.45) is 17.3. The molecule has 1 saturated carbocycles. The lowest BCUT2D eigenvalue weighted by atomic mass is 9.87. The normalized spacial score (nSPS) is 38.1. The molecular formula is C20H30N2. The average molecular weight is 298 g/mol. The molecule has 0 radical (unpaired) electrons. The Labute approximate surface area is 135 Å². The van der Waals surface area contributed by atoms with Gasteiger partial charge < -0.3 is 0 Å².